The van der Waals surface area contributed by atoms with E-state index in [1.807, 2.05) is 23.6 Å². The highest BCUT2D eigenvalue weighted by molar-refractivity contribution is 7.14. The first-order chi connectivity index (χ1) is 8.34. The van der Waals surface area contributed by atoms with Gasteiger partial charge in [0.15, 0.2) is 5.13 Å². The first-order valence-corrected chi connectivity index (χ1v) is 6.71. The van der Waals surface area contributed by atoms with Crippen molar-refractivity contribution in [2.45, 2.75) is 6.42 Å². The normalized spacial score (nSPS) is 15.0. The van der Waals surface area contributed by atoms with Crippen molar-refractivity contribution in [3.8, 4) is 5.75 Å². The van der Waals surface area contributed by atoms with Crippen LogP contribution in [0, 0.1) is 0 Å². The molecular weight excluding hydrogens is 256 g/mol. The van der Waals surface area contributed by atoms with Crippen LogP contribution in [0.5, 0.6) is 5.75 Å². The molecule has 0 N–H and O–H groups in total. The third-order valence-corrected chi connectivity index (χ3v) is 3.82. The molecule has 1 aromatic heterocycles. The van der Waals surface area contributed by atoms with Crippen LogP contribution in [0.1, 0.15) is 6.42 Å². The molecule has 1 aliphatic rings. The lowest BCUT2D eigenvalue weighted by Gasteiger charge is -2.20. The van der Waals surface area contributed by atoms with E-state index in [1.165, 1.54) is 0 Å². The Kier molecular flexibility index (Phi) is 2.91. The predicted molar refractivity (Wildman–Crippen MR) is 70.7 cm³/mol. The number of hydrogen-bond acceptors (Lipinski definition) is 4. The molecule has 0 saturated carbocycles. The van der Waals surface area contributed by atoms with Gasteiger partial charge in [0.1, 0.15) is 10.9 Å². The van der Waals surface area contributed by atoms with Crippen molar-refractivity contribution in [3.05, 3.63) is 34.8 Å². The predicted octanol–water partition coefficient (Wildman–Crippen LogP) is 3.72. The van der Waals surface area contributed by atoms with Gasteiger partial charge in [-0.05, 0) is 18.6 Å². The number of fused-ring (bicyclic) bond motifs is 1. The highest BCUT2D eigenvalue weighted by Gasteiger charge is 2.19. The molecule has 1 aliphatic heterocycles. The van der Waals surface area contributed by atoms with Gasteiger partial charge in [-0.2, -0.15) is 0 Å². The molecule has 0 saturated heterocycles. The number of para-hydroxylation sites is 2. The third kappa shape index (κ3) is 2.10. The molecule has 0 radical (unpaired) electrons. The van der Waals surface area contributed by atoms with Crippen LogP contribution < -0.4 is 9.64 Å². The van der Waals surface area contributed by atoms with Gasteiger partial charge in [-0.1, -0.05) is 23.7 Å². The van der Waals surface area contributed by atoms with Crippen LogP contribution >= 0.6 is 22.9 Å². The van der Waals surface area contributed by atoms with Crippen molar-refractivity contribution in [3.63, 3.8) is 0 Å². The maximum Gasteiger partial charge on any atom is 0.191 e. The molecule has 0 aliphatic carbocycles. The van der Waals surface area contributed by atoms with E-state index in [-0.39, 0.29) is 0 Å². The summed E-state index contributed by atoms with van der Waals surface area (Å²) in [5.74, 6) is 0.913. The van der Waals surface area contributed by atoms with Crippen LogP contribution in [0.25, 0.3) is 0 Å². The summed E-state index contributed by atoms with van der Waals surface area (Å²) >= 11 is 7.45. The molecule has 0 amide bonds. The summed E-state index contributed by atoms with van der Waals surface area (Å²) in [6.45, 7) is 1.65. The smallest absolute Gasteiger partial charge is 0.191 e. The first-order valence-electron chi connectivity index (χ1n) is 5.45. The fraction of sp³-hybridized carbons (Fsp3) is 0.250. The minimum absolute atomic E-state index is 0.549. The molecule has 0 spiro atoms. The lowest BCUT2D eigenvalue weighted by Crippen LogP contribution is -2.17. The summed E-state index contributed by atoms with van der Waals surface area (Å²) in [6, 6.07) is 8.03. The molecule has 3 rings (SSSR count). The molecule has 3 nitrogen and oxygen atoms in total. The second-order valence-corrected chi connectivity index (χ2v) is 5.00. The number of ether oxygens (including phenoxy) is 1. The zero-order valence-electron chi connectivity index (χ0n) is 9.10. The van der Waals surface area contributed by atoms with Crippen molar-refractivity contribution in [2.75, 3.05) is 18.1 Å². The van der Waals surface area contributed by atoms with E-state index in [0.29, 0.717) is 5.15 Å². The summed E-state index contributed by atoms with van der Waals surface area (Å²) in [5, 5.41) is 3.33. The summed E-state index contributed by atoms with van der Waals surface area (Å²) < 4.78 is 5.71. The van der Waals surface area contributed by atoms with Gasteiger partial charge in [0, 0.05) is 11.9 Å². The van der Waals surface area contributed by atoms with E-state index >= 15 is 0 Å². The van der Waals surface area contributed by atoms with Gasteiger partial charge in [-0.25, -0.2) is 4.98 Å². The number of aromatic nitrogens is 1. The van der Waals surface area contributed by atoms with E-state index in [0.717, 1.165) is 36.1 Å². The van der Waals surface area contributed by atoms with Gasteiger partial charge < -0.3 is 9.64 Å². The quantitative estimate of drug-likeness (QED) is 0.787. The SMILES string of the molecule is Clc1csc(N2CCCOc3ccccc32)n1. The number of halogens is 1. The lowest BCUT2D eigenvalue weighted by molar-refractivity contribution is 0.322. The van der Waals surface area contributed by atoms with Crippen molar-refractivity contribution < 1.29 is 4.74 Å². The monoisotopic (exact) mass is 266 g/mol. The molecule has 2 heterocycles. The second-order valence-electron chi connectivity index (χ2n) is 3.77. The average Bonchev–Trinajstić information content (AvgIpc) is 2.66. The van der Waals surface area contributed by atoms with Gasteiger partial charge in [-0.3, -0.25) is 0 Å². The fourth-order valence-corrected chi connectivity index (χ4v) is 2.88. The van der Waals surface area contributed by atoms with Gasteiger partial charge in [0.25, 0.3) is 0 Å². The van der Waals surface area contributed by atoms with Gasteiger partial charge >= 0.3 is 0 Å². The number of thiazole rings is 1. The zero-order chi connectivity index (χ0) is 11.7. The summed E-state index contributed by atoms with van der Waals surface area (Å²) in [7, 11) is 0. The van der Waals surface area contributed by atoms with Crippen molar-refractivity contribution in [2.24, 2.45) is 0 Å². The highest BCUT2D eigenvalue weighted by Crippen LogP contribution is 2.37. The third-order valence-electron chi connectivity index (χ3n) is 2.63. The van der Waals surface area contributed by atoms with Crippen LogP contribution in [0.3, 0.4) is 0 Å². The maximum atomic E-state index is 5.89. The van der Waals surface area contributed by atoms with Crippen molar-refractivity contribution >= 4 is 33.8 Å². The molecule has 2 aromatic rings. The van der Waals surface area contributed by atoms with Crippen molar-refractivity contribution in [1.29, 1.82) is 0 Å². The summed E-state index contributed by atoms with van der Waals surface area (Å²) in [4.78, 5) is 6.49. The number of nitrogens with zero attached hydrogens (tertiary/aromatic N) is 2. The average molecular weight is 267 g/mol. The van der Waals surface area contributed by atoms with E-state index in [9.17, 15) is 0 Å². The Hall–Kier alpha value is -1.26. The highest BCUT2D eigenvalue weighted by atomic mass is 35.5. The van der Waals surface area contributed by atoms with Gasteiger partial charge in [0.2, 0.25) is 0 Å². The second kappa shape index (κ2) is 4.55. The number of anilines is 2. The molecule has 0 unspecified atom stereocenters. The van der Waals surface area contributed by atoms with Crippen LogP contribution in [0.4, 0.5) is 10.8 Å². The minimum Gasteiger partial charge on any atom is -0.491 e. The van der Waals surface area contributed by atoms with E-state index in [2.05, 4.69) is 16.0 Å². The van der Waals surface area contributed by atoms with E-state index in [4.69, 9.17) is 16.3 Å². The zero-order valence-corrected chi connectivity index (χ0v) is 10.7. The van der Waals surface area contributed by atoms with Crippen molar-refractivity contribution in [1.82, 2.24) is 4.98 Å². The Morgan fingerprint density at radius 3 is 3.06 bits per heavy atom. The lowest BCUT2D eigenvalue weighted by atomic mass is 10.2. The first kappa shape index (κ1) is 10.9. The Morgan fingerprint density at radius 2 is 2.24 bits per heavy atom. The number of rotatable bonds is 1. The van der Waals surface area contributed by atoms with Crippen LogP contribution in [0.2, 0.25) is 5.15 Å². The minimum atomic E-state index is 0.549. The molecule has 17 heavy (non-hydrogen) atoms. The largest absolute Gasteiger partial charge is 0.491 e. The van der Waals surface area contributed by atoms with Gasteiger partial charge in [0.05, 0.1) is 12.3 Å². The molecule has 0 bridgehead atoms. The van der Waals surface area contributed by atoms with E-state index < -0.39 is 0 Å². The molecule has 0 fully saturated rings. The standard InChI is InChI=1S/C12H11ClN2OS/c13-11-8-17-12(14-11)15-6-3-7-16-10-5-2-1-4-9(10)15/h1-2,4-5,8H,3,6-7H2. The number of hydrogen-bond donors (Lipinski definition) is 0. The Morgan fingerprint density at radius 1 is 1.35 bits per heavy atom. The fourth-order valence-electron chi connectivity index (χ4n) is 1.90. The Balaban J connectivity index is 2.05. The van der Waals surface area contributed by atoms with Crippen LogP contribution in [-0.2, 0) is 0 Å². The molecule has 1 aromatic carbocycles. The maximum absolute atomic E-state index is 5.89. The molecule has 0 atom stereocenters. The molecule has 5 heteroatoms. The van der Waals surface area contributed by atoms with Crippen LogP contribution in [0.15, 0.2) is 29.6 Å². The van der Waals surface area contributed by atoms with E-state index in [1.54, 1.807) is 11.3 Å². The number of benzene rings is 1. The Bertz CT molecular complexity index is 529. The van der Waals surface area contributed by atoms with Gasteiger partial charge in [-0.15, -0.1) is 11.3 Å². The van der Waals surface area contributed by atoms with Crippen LogP contribution in [-0.4, -0.2) is 18.1 Å². The summed E-state index contributed by atoms with van der Waals surface area (Å²) in [6.07, 6.45) is 0.978. The topological polar surface area (TPSA) is 25.4 Å². The Labute approximate surface area is 109 Å². The molecular formula is C12H11ClN2OS. The molecule has 88 valence electrons. The summed E-state index contributed by atoms with van der Waals surface area (Å²) in [5.41, 5.74) is 1.07.